The van der Waals surface area contributed by atoms with Crippen LogP contribution in [0.2, 0.25) is 0 Å². The van der Waals surface area contributed by atoms with Gasteiger partial charge in [0.1, 0.15) is 23.0 Å². The number of carbonyl (C=O) groups is 2. The lowest BCUT2D eigenvalue weighted by Gasteiger charge is -2.36. The third-order valence-corrected chi connectivity index (χ3v) is 4.72. The van der Waals surface area contributed by atoms with Crippen molar-refractivity contribution in [1.29, 1.82) is 5.26 Å². The molecule has 1 saturated heterocycles. The lowest BCUT2D eigenvalue weighted by molar-refractivity contribution is -0.133. The first kappa shape index (κ1) is 20.3. The number of nitrogens with two attached hydrogens (primary N) is 1. The molecular formula is C20H25N7O2. The molecular weight excluding hydrogens is 370 g/mol. The molecule has 1 aliphatic heterocycles. The lowest BCUT2D eigenvalue weighted by atomic mass is 9.91. The summed E-state index contributed by atoms with van der Waals surface area (Å²) in [6, 6.07) is 1.79. The number of fused-ring (bicyclic) bond motifs is 1. The Kier molecular flexibility index (Phi) is 5.55. The number of piperazine rings is 1. The number of H-pyrrole nitrogens is 1. The summed E-state index contributed by atoms with van der Waals surface area (Å²) in [6.07, 6.45) is 5.25. The van der Waals surface area contributed by atoms with E-state index >= 15 is 0 Å². The van der Waals surface area contributed by atoms with Gasteiger partial charge in [0.05, 0.1) is 6.20 Å². The number of nitrogens with zero attached hydrogens (tertiary/aromatic N) is 5. The van der Waals surface area contributed by atoms with E-state index in [9.17, 15) is 9.59 Å². The first-order valence-electron chi connectivity index (χ1n) is 9.46. The second-order valence-electron chi connectivity index (χ2n) is 8.31. The maximum Gasteiger partial charge on any atom is 0.259 e. The van der Waals surface area contributed by atoms with E-state index in [0.717, 1.165) is 0 Å². The molecule has 29 heavy (non-hydrogen) atoms. The van der Waals surface area contributed by atoms with E-state index in [1.165, 1.54) is 6.08 Å². The number of primary amides is 1. The SMILES string of the molecule is CC(C)(C)CC(=O)N1CCN(c2cnc3[nH]cc(C=C(C#N)C(N)=O)c3n2)CC1. The number of hydrogen-bond donors (Lipinski definition) is 2. The highest BCUT2D eigenvalue weighted by Crippen LogP contribution is 2.23. The van der Waals surface area contributed by atoms with Gasteiger partial charge in [-0.15, -0.1) is 0 Å². The summed E-state index contributed by atoms with van der Waals surface area (Å²) in [7, 11) is 0. The minimum absolute atomic E-state index is 0.0316. The number of carbonyl (C=O) groups excluding carboxylic acids is 2. The molecule has 3 N–H and O–H groups in total. The number of nitriles is 1. The molecule has 1 fully saturated rings. The maximum absolute atomic E-state index is 12.4. The van der Waals surface area contributed by atoms with Crippen LogP contribution in [0.15, 0.2) is 18.0 Å². The van der Waals surface area contributed by atoms with Crippen LogP contribution in [0.25, 0.3) is 17.2 Å². The molecule has 1 aliphatic rings. The Balaban J connectivity index is 1.77. The van der Waals surface area contributed by atoms with Crippen LogP contribution in [-0.2, 0) is 9.59 Å². The van der Waals surface area contributed by atoms with Gasteiger partial charge in [-0.05, 0) is 11.5 Å². The van der Waals surface area contributed by atoms with Gasteiger partial charge in [0, 0.05) is 44.4 Å². The summed E-state index contributed by atoms with van der Waals surface area (Å²) in [5.74, 6) is 0.0708. The first-order valence-corrected chi connectivity index (χ1v) is 9.46. The van der Waals surface area contributed by atoms with Crippen molar-refractivity contribution >= 4 is 34.9 Å². The van der Waals surface area contributed by atoms with Crippen molar-refractivity contribution in [3.05, 3.63) is 23.5 Å². The zero-order valence-electron chi connectivity index (χ0n) is 16.9. The predicted molar refractivity (Wildman–Crippen MR) is 110 cm³/mol. The summed E-state index contributed by atoms with van der Waals surface area (Å²) in [5, 5.41) is 9.06. The molecule has 0 unspecified atom stereocenters. The highest BCUT2D eigenvalue weighted by Gasteiger charge is 2.25. The van der Waals surface area contributed by atoms with Crippen LogP contribution in [0.1, 0.15) is 32.8 Å². The maximum atomic E-state index is 12.4. The fourth-order valence-corrected chi connectivity index (χ4v) is 3.23. The van der Waals surface area contributed by atoms with Gasteiger partial charge in [-0.1, -0.05) is 20.8 Å². The van der Waals surface area contributed by atoms with Crippen LogP contribution in [0.5, 0.6) is 0 Å². The number of amides is 2. The molecule has 152 valence electrons. The van der Waals surface area contributed by atoms with Gasteiger partial charge in [-0.3, -0.25) is 9.59 Å². The van der Waals surface area contributed by atoms with Gasteiger partial charge in [-0.25, -0.2) is 9.97 Å². The summed E-state index contributed by atoms with van der Waals surface area (Å²) in [4.78, 5) is 39.8. The number of aromatic nitrogens is 3. The first-order chi connectivity index (χ1) is 13.7. The van der Waals surface area contributed by atoms with Crippen LogP contribution in [-0.4, -0.2) is 57.8 Å². The van der Waals surface area contributed by atoms with E-state index in [1.807, 2.05) is 4.90 Å². The van der Waals surface area contributed by atoms with Crippen LogP contribution in [0, 0.1) is 16.7 Å². The predicted octanol–water partition coefficient (Wildman–Crippen LogP) is 1.43. The molecule has 0 aromatic carbocycles. The molecule has 9 heteroatoms. The quantitative estimate of drug-likeness (QED) is 0.594. The van der Waals surface area contributed by atoms with Crippen LogP contribution >= 0.6 is 0 Å². The monoisotopic (exact) mass is 395 g/mol. The normalized spacial score (nSPS) is 15.4. The second kappa shape index (κ2) is 7.91. The molecule has 0 atom stereocenters. The summed E-state index contributed by atoms with van der Waals surface area (Å²) < 4.78 is 0. The van der Waals surface area contributed by atoms with Gasteiger partial charge >= 0.3 is 0 Å². The number of rotatable bonds is 4. The molecule has 0 saturated carbocycles. The Bertz CT molecular complexity index is 1000. The minimum atomic E-state index is -0.790. The fourth-order valence-electron chi connectivity index (χ4n) is 3.23. The number of anilines is 1. The van der Waals surface area contributed by atoms with Crippen LogP contribution < -0.4 is 10.6 Å². The summed E-state index contributed by atoms with van der Waals surface area (Å²) in [5.41, 5.74) is 6.72. The molecule has 3 rings (SSSR count). The van der Waals surface area contributed by atoms with Crippen molar-refractivity contribution in [2.75, 3.05) is 31.1 Å². The van der Waals surface area contributed by atoms with Gasteiger partial charge in [0.15, 0.2) is 5.65 Å². The Hall–Kier alpha value is -3.41. The largest absolute Gasteiger partial charge is 0.365 e. The van der Waals surface area contributed by atoms with E-state index in [2.05, 4.69) is 40.6 Å². The third kappa shape index (κ3) is 4.71. The number of hydrogen-bond acceptors (Lipinski definition) is 6. The van der Waals surface area contributed by atoms with Gasteiger partial charge < -0.3 is 20.5 Å². The minimum Gasteiger partial charge on any atom is -0.365 e. The zero-order chi connectivity index (χ0) is 21.2. The van der Waals surface area contributed by atoms with Gasteiger partial charge in [-0.2, -0.15) is 5.26 Å². The van der Waals surface area contributed by atoms with E-state index in [4.69, 9.17) is 11.0 Å². The molecule has 2 aromatic rings. The number of aromatic amines is 1. The second-order valence-corrected chi connectivity index (χ2v) is 8.31. The Morgan fingerprint density at radius 1 is 1.31 bits per heavy atom. The Labute approximate surface area is 169 Å². The highest BCUT2D eigenvalue weighted by molar-refractivity contribution is 6.02. The van der Waals surface area contributed by atoms with Crippen molar-refractivity contribution in [2.45, 2.75) is 27.2 Å². The van der Waals surface area contributed by atoms with Gasteiger partial charge in [0.25, 0.3) is 5.91 Å². The summed E-state index contributed by atoms with van der Waals surface area (Å²) >= 11 is 0. The molecule has 0 spiro atoms. The highest BCUT2D eigenvalue weighted by atomic mass is 16.2. The van der Waals surface area contributed by atoms with Crippen LogP contribution in [0.3, 0.4) is 0 Å². The average Bonchev–Trinajstić information content (AvgIpc) is 3.06. The van der Waals surface area contributed by atoms with E-state index in [-0.39, 0.29) is 16.9 Å². The lowest BCUT2D eigenvalue weighted by Crippen LogP contribution is -2.49. The molecule has 3 heterocycles. The van der Waals surface area contributed by atoms with Crippen molar-refractivity contribution in [3.8, 4) is 6.07 Å². The molecule has 9 nitrogen and oxygen atoms in total. The summed E-state index contributed by atoms with van der Waals surface area (Å²) in [6.45, 7) is 8.77. The van der Waals surface area contributed by atoms with Crippen molar-refractivity contribution in [1.82, 2.24) is 19.9 Å². The molecule has 0 bridgehead atoms. The fraction of sp³-hybridized carbons (Fsp3) is 0.450. The van der Waals surface area contributed by atoms with Crippen molar-refractivity contribution in [3.63, 3.8) is 0 Å². The number of nitrogens with one attached hydrogen (secondary N) is 1. The molecule has 2 amide bonds. The average molecular weight is 395 g/mol. The Morgan fingerprint density at radius 2 is 2.00 bits per heavy atom. The van der Waals surface area contributed by atoms with E-state index in [0.29, 0.717) is 55.1 Å². The molecule has 2 aromatic heterocycles. The smallest absolute Gasteiger partial charge is 0.259 e. The zero-order valence-corrected chi connectivity index (χ0v) is 16.9. The van der Waals surface area contributed by atoms with Crippen molar-refractivity contribution < 1.29 is 9.59 Å². The van der Waals surface area contributed by atoms with E-state index in [1.54, 1.807) is 18.5 Å². The standard InChI is InChI=1S/C20H25N7O2/c1-20(2,3)9-16(28)27-6-4-26(5-7-27)15-12-24-19-17(25-15)14(11-23-19)8-13(10-21)18(22)29/h8,11-12H,4-7,9H2,1-3H3,(H2,22,29)(H,23,24). The van der Waals surface area contributed by atoms with Crippen molar-refractivity contribution in [2.24, 2.45) is 11.1 Å². The molecule has 0 aliphatic carbocycles. The Morgan fingerprint density at radius 3 is 2.59 bits per heavy atom. The molecule has 0 radical (unpaired) electrons. The topological polar surface area (TPSA) is 132 Å². The van der Waals surface area contributed by atoms with E-state index < -0.39 is 5.91 Å². The van der Waals surface area contributed by atoms with Crippen LogP contribution in [0.4, 0.5) is 5.82 Å². The van der Waals surface area contributed by atoms with Gasteiger partial charge in [0.2, 0.25) is 5.91 Å². The third-order valence-electron chi connectivity index (χ3n) is 4.72.